The average molecular weight is 666 g/mol. The van der Waals surface area contributed by atoms with E-state index in [0.717, 1.165) is 30.8 Å². The van der Waals surface area contributed by atoms with E-state index in [1.165, 1.54) is 49.9 Å². The molecular formula is C45H55N5. The molecule has 7 rings (SSSR count). The molecule has 3 aliphatic rings. The van der Waals surface area contributed by atoms with Crippen LogP contribution in [0.15, 0.2) is 163 Å². The van der Waals surface area contributed by atoms with Crippen molar-refractivity contribution < 1.29 is 0 Å². The van der Waals surface area contributed by atoms with E-state index in [1.54, 1.807) is 0 Å². The monoisotopic (exact) mass is 665 g/mol. The molecule has 4 aromatic rings. The maximum Gasteiger partial charge on any atom is 0.110 e. The van der Waals surface area contributed by atoms with Crippen LogP contribution in [0.3, 0.4) is 0 Å². The second-order valence-corrected chi connectivity index (χ2v) is 12.6. The van der Waals surface area contributed by atoms with Crippen molar-refractivity contribution in [3.8, 4) is 0 Å². The Kier molecular flexibility index (Phi) is 14.2. The molecule has 0 amide bonds. The molecule has 7 N–H and O–H groups in total. The molecule has 2 aliphatic heterocycles. The number of allylic oxidation sites excluding steroid dienone is 8. The number of hydrogen-bond donors (Lipinski definition) is 4. The third-order valence-electron chi connectivity index (χ3n) is 8.86. The quantitative estimate of drug-likeness (QED) is 0.174. The van der Waals surface area contributed by atoms with Crippen molar-refractivity contribution in [2.75, 3.05) is 6.54 Å². The lowest BCUT2D eigenvalue weighted by Gasteiger charge is -2.35. The van der Waals surface area contributed by atoms with Gasteiger partial charge in [-0.05, 0) is 96.0 Å². The van der Waals surface area contributed by atoms with Crippen molar-refractivity contribution in [1.29, 1.82) is 0 Å². The lowest BCUT2D eigenvalue weighted by atomic mass is 9.84. The molecule has 0 fully saturated rings. The Morgan fingerprint density at radius 1 is 0.680 bits per heavy atom. The second kappa shape index (κ2) is 18.7. The standard InChI is InChI=1S/C23H25N3.C12H13N.C8H11N.C2H6/c1-16-7-5-6-14-26(22-13-11-19(15-25-22)17(2)24)21-12-10-18-8-3-4-9-20(18)23(16)21;1-9(13)11-7-6-10-4-2-3-5-12(10)8-11;1-7(9)8-5-3-2-4-6-8;1-2/h3-9,11,13-14,17,25H,1,10,12,15,24H2,2H3;2-9H,13H2,1H3;2-7H,9H2,1H3;1-2H3/b7-5-,14-6-;;;. The maximum atomic E-state index is 6.02. The molecule has 50 heavy (non-hydrogen) atoms. The van der Waals surface area contributed by atoms with Gasteiger partial charge in [0, 0.05) is 42.1 Å². The van der Waals surface area contributed by atoms with E-state index < -0.39 is 0 Å². The highest BCUT2D eigenvalue weighted by Gasteiger charge is 2.26. The van der Waals surface area contributed by atoms with E-state index in [4.69, 9.17) is 17.2 Å². The number of fused-ring (bicyclic) bond motifs is 3. The fourth-order valence-electron chi connectivity index (χ4n) is 6.04. The largest absolute Gasteiger partial charge is 0.367 e. The summed E-state index contributed by atoms with van der Waals surface area (Å²) in [4.78, 5) is 2.27. The van der Waals surface area contributed by atoms with Crippen molar-refractivity contribution >= 4 is 16.3 Å². The molecule has 5 nitrogen and oxygen atoms in total. The molecule has 260 valence electrons. The van der Waals surface area contributed by atoms with Gasteiger partial charge in [0.15, 0.2) is 0 Å². The van der Waals surface area contributed by atoms with E-state index in [9.17, 15) is 0 Å². The summed E-state index contributed by atoms with van der Waals surface area (Å²) in [6.45, 7) is 15.1. The van der Waals surface area contributed by atoms with E-state index >= 15 is 0 Å². The minimum Gasteiger partial charge on any atom is -0.367 e. The molecule has 5 heteroatoms. The number of rotatable bonds is 4. The first-order valence-electron chi connectivity index (χ1n) is 17.8. The first-order valence-corrected chi connectivity index (χ1v) is 17.8. The van der Waals surface area contributed by atoms with Gasteiger partial charge in [0.1, 0.15) is 5.82 Å². The summed E-state index contributed by atoms with van der Waals surface area (Å²) in [6.07, 6.45) is 14.7. The van der Waals surface area contributed by atoms with Crippen molar-refractivity contribution in [3.05, 3.63) is 185 Å². The van der Waals surface area contributed by atoms with Gasteiger partial charge in [0.05, 0.1) is 0 Å². The fourth-order valence-corrected chi connectivity index (χ4v) is 6.04. The number of nitrogens with two attached hydrogens (primary N) is 3. The summed E-state index contributed by atoms with van der Waals surface area (Å²) >= 11 is 0. The molecule has 3 atom stereocenters. The molecular weight excluding hydrogens is 611 g/mol. The maximum absolute atomic E-state index is 6.02. The van der Waals surface area contributed by atoms with Crippen LogP contribution in [0.2, 0.25) is 0 Å². The topological polar surface area (TPSA) is 93.3 Å². The molecule has 4 aromatic carbocycles. The number of nitrogens with zero attached hydrogens (tertiary/aromatic N) is 1. The number of aryl methyl sites for hydroxylation is 1. The zero-order valence-corrected chi connectivity index (χ0v) is 30.4. The van der Waals surface area contributed by atoms with E-state index in [0.29, 0.717) is 0 Å². The predicted molar refractivity (Wildman–Crippen MR) is 216 cm³/mol. The summed E-state index contributed by atoms with van der Waals surface area (Å²) in [5.41, 5.74) is 27.3. The molecule has 2 heterocycles. The summed E-state index contributed by atoms with van der Waals surface area (Å²) in [5, 5.41) is 6.07. The summed E-state index contributed by atoms with van der Waals surface area (Å²) < 4.78 is 0. The number of benzene rings is 4. The SMILES string of the molecule is C=C1/C=C\C=C/N(C2=CC=C(C(C)N)CN2)C2=C1c1ccccc1CC2.CC.CC(N)c1ccc2ccccc2c1.CC(N)c1ccccc1. The predicted octanol–water partition coefficient (Wildman–Crippen LogP) is 9.60. The van der Waals surface area contributed by atoms with Crippen molar-refractivity contribution in [3.63, 3.8) is 0 Å². The van der Waals surface area contributed by atoms with Crippen molar-refractivity contribution in [2.24, 2.45) is 17.2 Å². The van der Waals surface area contributed by atoms with Gasteiger partial charge < -0.3 is 27.4 Å². The summed E-state index contributed by atoms with van der Waals surface area (Å²) in [7, 11) is 0. The Labute approximate surface area is 300 Å². The summed E-state index contributed by atoms with van der Waals surface area (Å²) in [5.74, 6) is 1.08. The van der Waals surface area contributed by atoms with Crippen LogP contribution in [-0.4, -0.2) is 17.5 Å². The van der Waals surface area contributed by atoms with Crippen LogP contribution < -0.4 is 22.5 Å². The van der Waals surface area contributed by atoms with Gasteiger partial charge in [-0.3, -0.25) is 0 Å². The van der Waals surface area contributed by atoms with Gasteiger partial charge >= 0.3 is 0 Å². The number of dihydropyridines is 1. The Hall–Kier alpha value is -4.94. The van der Waals surface area contributed by atoms with Gasteiger partial charge in [-0.1, -0.05) is 130 Å². The molecule has 0 saturated heterocycles. The van der Waals surface area contributed by atoms with Gasteiger partial charge in [0.25, 0.3) is 0 Å². The Morgan fingerprint density at radius 3 is 1.98 bits per heavy atom. The molecule has 0 saturated carbocycles. The van der Waals surface area contributed by atoms with Gasteiger partial charge in [-0.15, -0.1) is 0 Å². The van der Waals surface area contributed by atoms with Gasteiger partial charge in [0.2, 0.25) is 0 Å². The Morgan fingerprint density at radius 2 is 1.34 bits per heavy atom. The Bertz CT molecular complexity index is 1870. The van der Waals surface area contributed by atoms with Crippen molar-refractivity contribution in [1.82, 2.24) is 10.2 Å². The lowest BCUT2D eigenvalue weighted by molar-refractivity contribution is 0.490. The van der Waals surface area contributed by atoms with E-state index in [2.05, 4.69) is 108 Å². The van der Waals surface area contributed by atoms with Gasteiger partial charge in [-0.25, -0.2) is 0 Å². The van der Waals surface area contributed by atoms with Crippen LogP contribution in [0.4, 0.5) is 0 Å². The van der Waals surface area contributed by atoms with Crippen LogP contribution in [0.5, 0.6) is 0 Å². The Balaban J connectivity index is 0.000000194. The third-order valence-corrected chi connectivity index (χ3v) is 8.86. The van der Waals surface area contributed by atoms with Crippen LogP contribution in [0.25, 0.3) is 16.3 Å². The molecule has 0 aromatic heterocycles. The van der Waals surface area contributed by atoms with Crippen LogP contribution >= 0.6 is 0 Å². The van der Waals surface area contributed by atoms with E-state index in [-0.39, 0.29) is 18.1 Å². The minimum absolute atomic E-state index is 0.0715. The highest BCUT2D eigenvalue weighted by Crippen LogP contribution is 2.39. The first-order chi connectivity index (χ1) is 24.2. The normalized spacial score (nSPS) is 17.8. The van der Waals surface area contributed by atoms with Crippen LogP contribution in [-0.2, 0) is 6.42 Å². The van der Waals surface area contributed by atoms with Crippen LogP contribution in [0.1, 0.15) is 75.4 Å². The molecule has 0 radical (unpaired) electrons. The van der Waals surface area contributed by atoms with Gasteiger partial charge in [-0.2, -0.15) is 0 Å². The molecule has 0 bridgehead atoms. The first kappa shape index (κ1) is 37.9. The number of nitrogens with one attached hydrogen (secondary N) is 1. The minimum atomic E-state index is 0.0715. The fraction of sp³-hybridized carbons (Fsp3) is 0.244. The highest BCUT2D eigenvalue weighted by molar-refractivity contribution is 5.86. The number of hydrogen-bond acceptors (Lipinski definition) is 5. The summed E-state index contributed by atoms with van der Waals surface area (Å²) in [6, 6.07) is 33.8. The van der Waals surface area contributed by atoms with E-state index in [1.807, 2.05) is 77.1 Å². The molecule has 1 aliphatic carbocycles. The van der Waals surface area contributed by atoms with Crippen LogP contribution in [0, 0.1) is 0 Å². The zero-order valence-electron chi connectivity index (χ0n) is 30.4. The smallest absolute Gasteiger partial charge is 0.110 e. The lowest BCUT2D eigenvalue weighted by Crippen LogP contribution is -2.35. The average Bonchev–Trinajstić information content (AvgIpc) is 3.15. The molecule has 3 unspecified atom stereocenters. The van der Waals surface area contributed by atoms with Crippen molar-refractivity contribution in [2.45, 2.75) is 65.6 Å². The molecule has 0 spiro atoms. The highest BCUT2D eigenvalue weighted by atomic mass is 15.2. The zero-order chi connectivity index (χ0) is 36.0. The third kappa shape index (κ3) is 9.82. The second-order valence-electron chi connectivity index (χ2n) is 12.6.